The summed E-state index contributed by atoms with van der Waals surface area (Å²) in [6.07, 6.45) is 0.414. The molecular formula is C17H27N3O3S. The molecule has 1 amide bonds. The van der Waals surface area contributed by atoms with E-state index in [0.29, 0.717) is 32.6 Å². The Morgan fingerprint density at radius 3 is 2.12 bits per heavy atom. The highest BCUT2D eigenvalue weighted by molar-refractivity contribution is 7.86. The summed E-state index contributed by atoms with van der Waals surface area (Å²) in [7, 11) is -0.352. The first-order valence-electron chi connectivity index (χ1n) is 8.15. The SMILES string of the molecule is CN(C)S(=O)(=O)N1CCN(C(=O)CC(C)(C)c2ccccc2)CC1. The summed E-state index contributed by atoms with van der Waals surface area (Å²) in [5, 5.41) is 0. The number of amides is 1. The van der Waals surface area contributed by atoms with E-state index in [-0.39, 0.29) is 11.3 Å². The lowest BCUT2D eigenvalue weighted by Crippen LogP contribution is -2.53. The zero-order valence-corrected chi connectivity index (χ0v) is 15.7. The Bertz CT molecular complexity index is 664. The van der Waals surface area contributed by atoms with Crippen LogP contribution in [0.25, 0.3) is 0 Å². The third-order valence-electron chi connectivity index (χ3n) is 4.53. The molecule has 1 saturated heterocycles. The molecule has 1 aliphatic rings. The van der Waals surface area contributed by atoms with E-state index in [4.69, 9.17) is 0 Å². The first-order valence-corrected chi connectivity index (χ1v) is 9.55. The monoisotopic (exact) mass is 353 g/mol. The molecule has 134 valence electrons. The highest BCUT2D eigenvalue weighted by Gasteiger charge is 2.32. The Hall–Kier alpha value is -1.44. The van der Waals surface area contributed by atoms with E-state index in [1.54, 1.807) is 4.90 Å². The molecule has 0 spiro atoms. The molecule has 0 bridgehead atoms. The standard InChI is InChI=1S/C17H27N3O3S/c1-17(2,15-8-6-5-7-9-15)14-16(21)19-10-12-20(13-11-19)24(22,23)18(3)4/h5-9H,10-14H2,1-4H3. The Labute approximate surface area is 145 Å². The number of benzene rings is 1. The van der Waals surface area contributed by atoms with Crippen LogP contribution in [0.3, 0.4) is 0 Å². The fourth-order valence-corrected chi connectivity index (χ4v) is 3.97. The van der Waals surface area contributed by atoms with Gasteiger partial charge in [-0.1, -0.05) is 44.2 Å². The highest BCUT2D eigenvalue weighted by Crippen LogP contribution is 2.27. The van der Waals surface area contributed by atoms with Crippen molar-refractivity contribution in [2.75, 3.05) is 40.3 Å². The summed E-state index contributed by atoms with van der Waals surface area (Å²) < 4.78 is 26.9. The lowest BCUT2D eigenvalue weighted by Gasteiger charge is -2.36. The number of hydrogen-bond donors (Lipinski definition) is 0. The van der Waals surface area contributed by atoms with E-state index >= 15 is 0 Å². The van der Waals surface area contributed by atoms with Crippen LogP contribution in [0, 0.1) is 0 Å². The summed E-state index contributed by atoms with van der Waals surface area (Å²) in [6, 6.07) is 9.99. The van der Waals surface area contributed by atoms with Crippen LogP contribution in [-0.4, -0.2) is 68.1 Å². The van der Waals surface area contributed by atoms with E-state index in [2.05, 4.69) is 13.8 Å². The fourth-order valence-electron chi connectivity index (χ4n) is 2.88. The average molecular weight is 353 g/mol. The lowest BCUT2D eigenvalue weighted by atomic mass is 9.81. The second-order valence-electron chi connectivity index (χ2n) is 7.00. The molecular weight excluding hydrogens is 326 g/mol. The molecule has 0 aromatic heterocycles. The van der Waals surface area contributed by atoms with Crippen LogP contribution in [0.5, 0.6) is 0 Å². The van der Waals surface area contributed by atoms with Gasteiger partial charge < -0.3 is 4.90 Å². The minimum Gasteiger partial charge on any atom is -0.340 e. The van der Waals surface area contributed by atoms with Crippen molar-refractivity contribution in [3.63, 3.8) is 0 Å². The zero-order valence-electron chi connectivity index (χ0n) is 14.9. The predicted molar refractivity (Wildman–Crippen MR) is 94.8 cm³/mol. The van der Waals surface area contributed by atoms with Crippen molar-refractivity contribution in [3.8, 4) is 0 Å². The molecule has 1 heterocycles. The minimum absolute atomic E-state index is 0.0748. The van der Waals surface area contributed by atoms with E-state index in [0.717, 1.165) is 5.56 Å². The number of rotatable bonds is 5. The quantitative estimate of drug-likeness (QED) is 0.802. The molecule has 24 heavy (non-hydrogen) atoms. The van der Waals surface area contributed by atoms with E-state index in [1.165, 1.54) is 22.7 Å². The third-order valence-corrected chi connectivity index (χ3v) is 6.47. The summed E-state index contributed by atoms with van der Waals surface area (Å²) >= 11 is 0. The molecule has 1 aromatic rings. The van der Waals surface area contributed by atoms with Crippen LogP contribution in [0.2, 0.25) is 0 Å². The van der Waals surface area contributed by atoms with Gasteiger partial charge in [0.1, 0.15) is 0 Å². The van der Waals surface area contributed by atoms with Crippen molar-refractivity contribution in [2.45, 2.75) is 25.7 Å². The van der Waals surface area contributed by atoms with Gasteiger partial charge in [-0.05, 0) is 11.0 Å². The normalized spacial score (nSPS) is 17.3. The van der Waals surface area contributed by atoms with Crippen LogP contribution < -0.4 is 0 Å². The van der Waals surface area contributed by atoms with Gasteiger partial charge in [-0.25, -0.2) is 0 Å². The fraction of sp³-hybridized carbons (Fsp3) is 0.588. The number of carbonyl (C=O) groups is 1. The number of piperazine rings is 1. The average Bonchev–Trinajstić information content (AvgIpc) is 2.55. The van der Waals surface area contributed by atoms with Crippen molar-refractivity contribution >= 4 is 16.1 Å². The second kappa shape index (κ2) is 7.21. The van der Waals surface area contributed by atoms with E-state index < -0.39 is 10.2 Å². The molecule has 0 unspecified atom stereocenters. The van der Waals surface area contributed by atoms with Crippen LogP contribution in [0.4, 0.5) is 0 Å². The van der Waals surface area contributed by atoms with Gasteiger partial charge in [0, 0.05) is 46.7 Å². The number of nitrogens with zero attached hydrogens (tertiary/aromatic N) is 3. The Balaban J connectivity index is 1.96. The van der Waals surface area contributed by atoms with Crippen LogP contribution in [0.1, 0.15) is 25.8 Å². The molecule has 1 fully saturated rings. The highest BCUT2D eigenvalue weighted by atomic mass is 32.2. The maximum absolute atomic E-state index is 12.6. The Kier molecular flexibility index (Phi) is 5.67. The summed E-state index contributed by atoms with van der Waals surface area (Å²) in [5.41, 5.74) is 0.887. The van der Waals surface area contributed by atoms with Gasteiger partial charge in [-0.15, -0.1) is 0 Å². The maximum atomic E-state index is 12.6. The smallest absolute Gasteiger partial charge is 0.281 e. The molecule has 1 aliphatic heterocycles. The molecule has 0 N–H and O–H groups in total. The Morgan fingerprint density at radius 2 is 1.62 bits per heavy atom. The molecule has 6 nitrogen and oxygen atoms in total. The molecule has 2 rings (SSSR count). The minimum atomic E-state index is -3.40. The Morgan fingerprint density at radius 1 is 1.08 bits per heavy atom. The van der Waals surface area contributed by atoms with Gasteiger partial charge in [0.15, 0.2) is 0 Å². The van der Waals surface area contributed by atoms with Gasteiger partial charge in [0.2, 0.25) is 5.91 Å². The van der Waals surface area contributed by atoms with Crippen LogP contribution >= 0.6 is 0 Å². The second-order valence-corrected chi connectivity index (χ2v) is 9.14. The van der Waals surface area contributed by atoms with Crippen molar-refractivity contribution in [1.29, 1.82) is 0 Å². The van der Waals surface area contributed by atoms with Gasteiger partial charge in [-0.2, -0.15) is 17.0 Å². The van der Waals surface area contributed by atoms with Crippen LogP contribution in [-0.2, 0) is 20.4 Å². The molecule has 0 atom stereocenters. The van der Waals surface area contributed by atoms with Gasteiger partial charge in [0.05, 0.1) is 0 Å². The van der Waals surface area contributed by atoms with Gasteiger partial charge >= 0.3 is 0 Å². The first kappa shape index (κ1) is 18.9. The lowest BCUT2D eigenvalue weighted by molar-refractivity contribution is -0.133. The van der Waals surface area contributed by atoms with Crippen molar-refractivity contribution < 1.29 is 13.2 Å². The van der Waals surface area contributed by atoms with Crippen molar-refractivity contribution in [3.05, 3.63) is 35.9 Å². The third kappa shape index (κ3) is 4.15. The number of carbonyl (C=O) groups excluding carboxylic acids is 1. The molecule has 1 aromatic carbocycles. The molecule has 0 radical (unpaired) electrons. The molecule has 7 heteroatoms. The van der Waals surface area contributed by atoms with Crippen molar-refractivity contribution in [2.24, 2.45) is 0 Å². The topological polar surface area (TPSA) is 60.9 Å². The molecule has 0 aliphatic carbocycles. The maximum Gasteiger partial charge on any atom is 0.281 e. The van der Waals surface area contributed by atoms with Crippen molar-refractivity contribution in [1.82, 2.24) is 13.5 Å². The molecule has 0 saturated carbocycles. The first-order chi connectivity index (χ1) is 11.1. The predicted octanol–water partition coefficient (Wildman–Crippen LogP) is 1.30. The summed E-state index contributed by atoms with van der Waals surface area (Å²) in [6.45, 7) is 5.70. The van der Waals surface area contributed by atoms with Gasteiger partial charge in [-0.3, -0.25) is 4.79 Å². The van der Waals surface area contributed by atoms with E-state index in [1.807, 2.05) is 30.3 Å². The largest absolute Gasteiger partial charge is 0.340 e. The summed E-state index contributed by atoms with van der Waals surface area (Å²) in [5.74, 6) is 0.0748. The van der Waals surface area contributed by atoms with Crippen LogP contribution in [0.15, 0.2) is 30.3 Å². The summed E-state index contributed by atoms with van der Waals surface area (Å²) in [4.78, 5) is 14.4. The zero-order chi connectivity index (χ0) is 18.0. The number of hydrogen-bond acceptors (Lipinski definition) is 3. The van der Waals surface area contributed by atoms with Gasteiger partial charge in [0.25, 0.3) is 10.2 Å². The van der Waals surface area contributed by atoms with E-state index in [9.17, 15) is 13.2 Å².